The molecule has 0 unspecified atom stereocenters. The zero-order valence-electron chi connectivity index (χ0n) is 12.8. The second-order valence-electron chi connectivity index (χ2n) is 4.71. The number of thiazole rings is 1. The van der Waals surface area contributed by atoms with Crippen LogP contribution in [0, 0.1) is 5.82 Å². The molecule has 0 aliphatic carbocycles. The maximum absolute atomic E-state index is 13.0. The van der Waals surface area contributed by atoms with Crippen molar-refractivity contribution in [3.63, 3.8) is 0 Å². The summed E-state index contributed by atoms with van der Waals surface area (Å²) in [6.45, 7) is 1.09. The van der Waals surface area contributed by atoms with Gasteiger partial charge in [-0.1, -0.05) is 6.07 Å². The molecule has 0 saturated carbocycles. The number of carbonyl (C=O) groups is 2. The van der Waals surface area contributed by atoms with Crippen LogP contribution in [0.3, 0.4) is 0 Å². The molecule has 0 bridgehead atoms. The topological polar surface area (TPSA) is 97.1 Å². The minimum absolute atomic E-state index is 0. The summed E-state index contributed by atoms with van der Waals surface area (Å²) in [7, 11) is 0. The maximum atomic E-state index is 13.0. The van der Waals surface area contributed by atoms with Gasteiger partial charge in [-0.25, -0.2) is 9.37 Å². The molecule has 130 valence electrons. The molecule has 0 aliphatic heterocycles. The smallest absolute Gasteiger partial charge is 0.270 e. The number of nitrogens with zero attached hydrogens (tertiary/aromatic N) is 1. The molecule has 1 heterocycles. The monoisotopic (exact) mass is 372 g/mol. The van der Waals surface area contributed by atoms with Gasteiger partial charge in [0.05, 0.1) is 0 Å². The number of amides is 2. The van der Waals surface area contributed by atoms with Gasteiger partial charge in [-0.2, -0.15) is 0 Å². The summed E-state index contributed by atoms with van der Waals surface area (Å²) < 4.78 is 13.0. The minimum atomic E-state index is -0.454. The third-order valence-corrected chi connectivity index (χ3v) is 3.84. The molecule has 1 aromatic heterocycles. The standard InChI is InChI=1S/C15H17FN4O2S.ClH/c16-11-4-1-3-10(7-11)14(21)18-5-2-6-19-15(22)12-9-23-13(8-17)20-12;/h1,3-4,7,9H,2,5-6,8,17H2,(H,18,21)(H,19,22);1H. The van der Waals surface area contributed by atoms with Crippen LogP contribution < -0.4 is 16.4 Å². The molecule has 2 rings (SSSR count). The van der Waals surface area contributed by atoms with Crippen molar-refractivity contribution in [1.29, 1.82) is 0 Å². The molecule has 24 heavy (non-hydrogen) atoms. The van der Waals surface area contributed by atoms with Crippen molar-refractivity contribution in [2.75, 3.05) is 13.1 Å². The summed E-state index contributed by atoms with van der Waals surface area (Å²) in [4.78, 5) is 27.6. The number of nitrogens with two attached hydrogens (primary N) is 1. The first-order valence-electron chi connectivity index (χ1n) is 7.06. The number of hydrogen-bond donors (Lipinski definition) is 3. The van der Waals surface area contributed by atoms with E-state index in [9.17, 15) is 14.0 Å². The predicted octanol–water partition coefficient (Wildman–Crippen LogP) is 1.71. The maximum Gasteiger partial charge on any atom is 0.270 e. The zero-order chi connectivity index (χ0) is 16.7. The highest BCUT2D eigenvalue weighted by molar-refractivity contribution is 7.09. The Bertz CT molecular complexity index is 696. The van der Waals surface area contributed by atoms with Gasteiger partial charge in [-0.15, -0.1) is 23.7 Å². The molecule has 0 radical (unpaired) electrons. The van der Waals surface area contributed by atoms with E-state index in [4.69, 9.17) is 5.73 Å². The van der Waals surface area contributed by atoms with Gasteiger partial charge in [0, 0.05) is 30.6 Å². The van der Waals surface area contributed by atoms with Crippen molar-refractivity contribution in [2.45, 2.75) is 13.0 Å². The molecule has 0 atom stereocenters. The van der Waals surface area contributed by atoms with Crippen molar-refractivity contribution in [3.05, 3.63) is 51.7 Å². The number of carbonyl (C=O) groups excluding carboxylic acids is 2. The largest absolute Gasteiger partial charge is 0.352 e. The summed E-state index contributed by atoms with van der Waals surface area (Å²) in [6.07, 6.45) is 0.556. The number of benzene rings is 1. The van der Waals surface area contributed by atoms with Crippen molar-refractivity contribution >= 4 is 35.6 Å². The average molecular weight is 373 g/mol. The lowest BCUT2D eigenvalue weighted by molar-refractivity contribution is 0.0948. The van der Waals surface area contributed by atoms with Crippen molar-refractivity contribution in [3.8, 4) is 0 Å². The first kappa shape index (κ1) is 20.0. The van der Waals surface area contributed by atoms with Gasteiger partial charge in [0.1, 0.15) is 16.5 Å². The quantitative estimate of drug-likeness (QED) is 0.644. The van der Waals surface area contributed by atoms with Crippen LogP contribution in [0.2, 0.25) is 0 Å². The molecule has 4 N–H and O–H groups in total. The van der Waals surface area contributed by atoms with E-state index in [0.717, 1.165) is 0 Å². The summed E-state index contributed by atoms with van der Waals surface area (Å²) >= 11 is 1.34. The average Bonchev–Trinajstić information content (AvgIpc) is 3.03. The van der Waals surface area contributed by atoms with E-state index in [2.05, 4.69) is 15.6 Å². The second-order valence-corrected chi connectivity index (χ2v) is 5.65. The van der Waals surface area contributed by atoms with Gasteiger partial charge < -0.3 is 16.4 Å². The fourth-order valence-electron chi connectivity index (χ4n) is 1.82. The molecule has 0 aliphatic rings. The van der Waals surface area contributed by atoms with Crippen LogP contribution in [0.1, 0.15) is 32.3 Å². The summed E-state index contributed by atoms with van der Waals surface area (Å²) in [5.74, 6) is -1.06. The number of rotatable bonds is 7. The van der Waals surface area contributed by atoms with Crippen molar-refractivity contribution in [1.82, 2.24) is 15.6 Å². The lowest BCUT2D eigenvalue weighted by Gasteiger charge is -2.06. The number of halogens is 2. The Labute approximate surface area is 149 Å². The number of nitrogens with one attached hydrogen (secondary N) is 2. The zero-order valence-corrected chi connectivity index (χ0v) is 14.4. The van der Waals surface area contributed by atoms with Crippen LogP contribution in [-0.4, -0.2) is 29.9 Å². The van der Waals surface area contributed by atoms with Gasteiger partial charge in [-0.3, -0.25) is 9.59 Å². The molecule has 0 saturated heterocycles. The Kier molecular flexibility index (Phi) is 8.31. The lowest BCUT2D eigenvalue weighted by Crippen LogP contribution is -2.30. The fourth-order valence-corrected chi connectivity index (χ4v) is 2.48. The molecular formula is C15H18ClFN4O2S. The Morgan fingerprint density at radius 2 is 1.92 bits per heavy atom. The highest BCUT2D eigenvalue weighted by Crippen LogP contribution is 2.08. The molecule has 1 aromatic carbocycles. The molecule has 2 amide bonds. The molecule has 9 heteroatoms. The number of aromatic nitrogens is 1. The van der Waals surface area contributed by atoms with Gasteiger partial charge in [0.25, 0.3) is 11.8 Å². The van der Waals surface area contributed by atoms with Crippen LogP contribution in [0.4, 0.5) is 4.39 Å². The van der Waals surface area contributed by atoms with Crippen molar-refractivity contribution in [2.24, 2.45) is 5.73 Å². The van der Waals surface area contributed by atoms with E-state index < -0.39 is 5.82 Å². The minimum Gasteiger partial charge on any atom is -0.352 e. The predicted molar refractivity (Wildman–Crippen MR) is 92.9 cm³/mol. The van der Waals surface area contributed by atoms with Crippen LogP contribution in [-0.2, 0) is 6.54 Å². The molecular weight excluding hydrogens is 355 g/mol. The highest BCUT2D eigenvalue weighted by atomic mass is 35.5. The molecule has 6 nitrogen and oxygen atoms in total. The van der Waals surface area contributed by atoms with E-state index in [0.29, 0.717) is 36.8 Å². The Balaban J connectivity index is 0.00000288. The van der Waals surface area contributed by atoms with Gasteiger partial charge >= 0.3 is 0 Å². The third-order valence-electron chi connectivity index (χ3n) is 2.97. The van der Waals surface area contributed by atoms with Gasteiger partial charge in [0.15, 0.2) is 0 Å². The number of hydrogen-bond acceptors (Lipinski definition) is 5. The summed E-state index contributed by atoms with van der Waals surface area (Å²) in [5.41, 5.74) is 6.06. The van der Waals surface area contributed by atoms with E-state index in [-0.39, 0.29) is 29.8 Å². The summed E-state index contributed by atoms with van der Waals surface area (Å²) in [5, 5.41) is 7.74. The molecule has 0 spiro atoms. The van der Waals surface area contributed by atoms with Crippen LogP contribution in [0.5, 0.6) is 0 Å². The van der Waals surface area contributed by atoms with Crippen LogP contribution in [0.25, 0.3) is 0 Å². The van der Waals surface area contributed by atoms with Gasteiger partial charge in [-0.05, 0) is 24.6 Å². The van der Waals surface area contributed by atoms with E-state index in [1.165, 1.54) is 35.6 Å². The molecule has 0 fully saturated rings. The van der Waals surface area contributed by atoms with E-state index in [1.807, 2.05) is 0 Å². The fraction of sp³-hybridized carbons (Fsp3) is 0.267. The Hall–Kier alpha value is -2.03. The van der Waals surface area contributed by atoms with Gasteiger partial charge in [0.2, 0.25) is 0 Å². The highest BCUT2D eigenvalue weighted by Gasteiger charge is 2.09. The Morgan fingerprint density at radius 1 is 1.21 bits per heavy atom. The summed E-state index contributed by atoms with van der Waals surface area (Å²) in [6, 6.07) is 5.47. The van der Waals surface area contributed by atoms with E-state index in [1.54, 1.807) is 5.38 Å². The van der Waals surface area contributed by atoms with Crippen molar-refractivity contribution < 1.29 is 14.0 Å². The van der Waals surface area contributed by atoms with E-state index >= 15 is 0 Å². The van der Waals surface area contributed by atoms with Crippen LogP contribution in [0.15, 0.2) is 29.6 Å². The normalized spacial score (nSPS) is 9.92. The first-order valence-corrected chi connectivity index (χ1v) is 7.94. The lowest BCUT2D eigenvalue weighted by atomic mass is 10.2. The first-order chi connectivity index (χ1) is 11.1. The van der Waals surface area contributed by atoms with Crippen LogP contribution >= 0.6 is 23.7 Å². The SMILES string of the molecule is Cl.NCc1nc(C(=O)NCCCNC(=O)c2cccc(F)c2)cs1. The molecule has 2 aromatic rings. The third kappa shape index (κ3) is 5.88. The Morgan fingerprint density at radius 3 is 2.54 bits per heavy atom. The second kappa shape index (κ2) is 9.96.